The van der Waals surface area contributed by atoms with Crippen LogP contribution in [0.2, 0.25) is 0 Å². The van der Waals surface area contributed by atoms with Crippen LogP contribution in [0.4, 0.5) is 17.6 Å². The molecule has 2 aromatic carbocycles. The quantitative estimate of drug-likeness (QED) is 0.590. The van der Waals surface area contributed by atoms with Crippen LogP contribution in [0.15, 0.2) is 53.4 Å². The van der Waals surface area contributed by atoms with Gasteiger partial charge in [0.25, 0.3) is 0 Å². The van der Waals surface area contributed by atoms with Gasteiger partial charge in [-0.1, -0.05) is 24.3 Å². The summed E-state index contributed by atoms with van der Waals surface area (Å²) in [7, 11) is -4.36. The Morgan fingerprint density at radius 2 is 1.75 bits per heavy atom. The van der Waals surface area contributed by atoms with Crippen LogP contribution in [0.3, 0.4) is 0 Å². The molecule has 0 aromatic heterocycles. The third-order valence-corrected chi connectivity index (χ3v) is 7.53. The molecule has 0 bridgehead atoms. The maximum atomic E-state index is 13.4. The van der Waals surface area contributed by atoms with Crippen LogP contribution in [0.1, 0.15) is 30.9 Å². The van der Waals surface area contributed by atoms with Gasteiger partial charge in [0.1, 0.15) is 5.82 Å². The zero-order chi connectivity index (χ0) is 23.5. The number of hydrogen-bond donors (Lipinski definition) is 0. The Bertz CT molecular complexity index is 1060. The van der Waals surface area contributed by atoms with E-state index in [-0.39, 0.29) is 38.4 Å². The van der Waals surface area contributed by atoms with Crippen molar-refractivity contribution in [1.29, 1.82) is 0 Å². The molecule has 32 heavy (non-hydrogen) atoms. The highest BCUT2D eigenvalue weighted by Gasteiger charge is 2.40. The van der Waals surface area contributed by atoms with Gasteiger partial charge in [-0.15, -0.1) is 0 Å². The fourth-order valence-corrected chi connectivity index (χ4v) is 5.55. The van der Waals surface area contributed by atoms with Gasteiger partial charge in [0.05, 0.1) is 10.5 Å². The SMILES string of the molecule is CCN(Cc1cccc(F)c1)C(=O)C1CCN(S(=O)(=O)c2ccccc2C(F)(F)F)CC1. The number of hydrogen-bond acceptors (Lipinski definition) is 3. The van der Waals surface area contributed by atoms with Crippen molar-refractivity contribution >= 4 is 15.9 Å². The van der Waals surface area contributed by atoms with Crippen molar-refractivity contribution in [2.24, 2.45) is 5.92 Å². The lowest BCUT2D eigenvalue weighted by Gasteiger charge is -2.33. The molecule has 0 radical (unpaired) electrons. The van der Waals surface area contributed by atoms with E-state index >= 15 is 0 Å². The minimum atomic E-state index is -4.80. The molecule has 0 N–H and O–H groups in total. The summed E-state index contributed by atoms with van der Waals surface area (Å²) in [5.74, 6) is -1.03. The summed E-state index contributed by atoms with van der Waals surface area (Å²) < 4.78 is 80.1. The average molecular weight is 473 g/mol. The second kappa shape index (κ2) is 9.58. The Morgan fingerprint density at radius 3 is 2.34 bits per heavy atom. The molecule has 10 heteroatoms. The number of carbonyl (C=O) groups is 1. The molecule has 1 aliphatic rings. The number of sulfonamides is 1. The van der Waals surface area contributed by atoms with Gasteiger partial charge in [0.15, 0.2) is 0 Å². The summed E-state index contributed by atoms with van der Waals surface area (Å²) >= 11 is 0. The van der Waals surface area contributed by atoms with Crippen LogP contribution in [0.25, 0.3) is 0 Å². The lowest BCUT2D eigenvalue weighted by Crippen LogP contribution is -2.44. The smallest absolute Gasteiger partial charge is 0.338 e. The van der Waals surface area contributed by atoms with Crippen molar-refractivity contribution in [1.82, 2.24) is 9.21 Å². The first-order valence-electron chi connectivity index (χ1n) is 10.2. The number of piperidine rings is 1. The third kappa shape index (κ3) is 5.29. The molecule has 0 saturated carbocycles. The second-order valence-electron chi connectivity index (χ2n) is 7.65. The molecular weight excluding hydrogens is 448 g/mol. The lowest BCUT2D eigenvalue weighted by molar-refractivity contribution is -0.140. The van der Waals surface area contributed by atoms with E-state index in [1.165, 1.54) is 18.2 Å². The molecule has 0 atom stereocenters. The molecule has 5 nitrogen and oxygen atoms in total. The molecule has 1 heterocycles. The van der Waals surface area contributed by atoms with Crippen molar-refractivity contribution in [3.05, 3.63) is 65.5 Å². The minimum Gasteiger partial charge on any atom is -0.338 e. The number of halogens is 4. The Kier molecular flexibility index (Phi) is 7.24. The monoisotopic (exact) mass is 472 g/mol. The van der Waals surface area contributed by atoms with E-state index in [4.69, 9.17) is 0 Å². The third-order valence-electron chi connectivity index (χ3n) is 5.57. The van der Waals surface area contributed by atoms with E-state index in [0.717, 1.165) is 22.5 Å². The van der Waals surface area contributed by atoms with Crippen LogP contribution in [-0.2, 0) is 27.5 Å². The number of benzene rings is 2. The Morgan fingerprint density at radius 1 is 1.09 bits per heavy atom. The van der Waals surface area contributed by atoms with Crippen LogP contribution >= 0.6 is 0 Å². The zero-order valence-electron chi connectivity index (χ0n) is 17.5. The normalized spacial score (nSPS) is 16.2. The Balaban J connectivity index is 1.70. The number of alkyl halides is 3. The molecule has 1 saturated heterocycles. The van der Waals surface area contributed by atoms with Crippen molar-refractivity contribution in [2.75, 3.05) is 19.6 Å². The molecule has 0 unspecified atom stereocenters. The maximum Gasteiger partial charge on any atom is 0.417 e. The fourth-order valence-electron chi connectivity index (χ4n) is 3.87. The first kappa shape index (κ1) is 24.2. The van der Waals surface area contributed by atoms with E-state index in [2.05, 4.69) is 0 Å². The summed E-state index contributed by atoms with van der Waals surface area (Å²) in [6.07, 6.45) is -4.39. The predicted molar refractivity (Wildman–Crippen MR) is 110 cm³/mol. The van der Waals surface area contributed by atoms with Gasteiger partial charge in [-0.25, -0.2) is 12.8 Å². The maximum absolute atomic E-state index is 13.4. The van der Waals surface area contributed by atoms with E-state index in [0.29, 0.717) is 12.1 Å². The molecule has 3 rings (SSSR count). The van der Waals surface area contributed by atoms with E-state index in [1.54, 1.807) is 24.0 Å². The first-order valence-corrected chi connectivity index (χ1v) is 11.7. The summed E-state index contributed by atoms with van der Waals surface area (Å²) in [6, 6.07) is 10.0. The summed E-state index contributed by atoms with van der Waals surface area (Å²) in [4.78, 5) is 13.7. The molecule has 1 aliphatic heterocycles. The Hall–Kier alpha value is -2.46. The summed E-state index contributed by atoms with van der Waals surface area (Å²) in [5.41, 5.74) is -0.561. The van der Waals surface area contributed by atoms with Gasteiger partial charge in [-0.3, -0.25) is 4.79 Å². The minimum absolute atomic E-state index is 0.0531. The topological polar surface area (TPSA) is 57.7 Å². The van der Waals surface area contributed by atoms with Gasteiger partial charge < -0.3 is 4.90 Å². The zero-order valence-corrected chi connectivity index (χ0v) is 18.3. The van der Waals surface area contributed by atoms with E-state index < -0.39 is 38.4 Å². The highest BCUT2D eigenvalue weighted by atomic mass is 32.2. The van der Waals surface area contributed by atoms with Crippen LogP contribution in [-0.4, -0.2) is 43.2 Å². The first-order chi connectivity index (χ1) is 15.0. The van der Waals surface area contributed by atoms with Crippen LogP contribution in [0, 0.1) is 11.7 Å². The largest absolute Gasteiger partial charge is 0.417 e. The van der Waals surface area contributed by atoms with E-state index in [1.807, 2.05) is 0 Å². The summed E-state index contributed by atoms with van der Waals surface area (Å²) in [6.45, 7) is 2.31. The van der Waals surface area contributed by atoms with Crippen molar-refractivity contribution in [3.8, 4) is 0 Å². The number of rotatable bonds is 6. The van der Waals surface area contributed by atoms with Gasteiger partial charge in [0, 0.05) is 32.1 Å². The van der Waals surface area contributed by atoms with Crippen molar-refractivity contribution < 1.29 is 30.8 Å². The fraction of sp³-hybridized carbons (Fsp3) is 0.409. The second-order valence-corrected chi connectivity index (χ2v) is 9.56. The molecule has 174 valence electrons. The number of nitrogens with zero attached hydrogens (tertiary/aromatic N) is 2. The molecule has 0 spiro atoms. The molecular formula is C22H24F4N2O3S. The number of carbonyl (C=O) groups excluding carboxylic acids is 1. The van der Waals surface area contributed by atoms with Gasteiger partial charge >= 0.3 is 6.18 Å². The van der Waals surface area contributed by atoms with Gasteiger partial charge in [-0.2, -0.15) is 17.5 Å². The van der Waals surface area contributed by atoms with Gasteiger partial charge in [-0.05, 0) is 49.6 Å². The highest BCUT2D eigenvalue weighted by Crippen LogP contribution is 2.36. The highest BCUT2D eigenvalue weighted by molar-refractivity contribution is 7.89. The predicted octanol–water partition coefficient (Wildman–Crippen LogP) is 4.29. The van der Waals surface area contributed by atoms with Crippen LogP contribution in [0.5, 0.6) is 0 Å². The molecule has 1 fully saturated rings. The van der Waals surface area contributed by atoms with E-state index in [9.17, 15) is 30.8 Å². The molecule has 1 amide bonds. The summed E-state index contributed by atoms with van der Waals surface area (Å²) in [5, 5.41) is 0. The van der Waals surface area contributed by atoms with Crippen molar-refractivity contribution in [3.63, 3.8) is 0 Å². The standard InChI is InChI=1S/C22H24F4N2O3S/c1-2-27(15-16-6-5-7-18(23)14-16)21(29)17-10-12-28(13-11-17)32(30,31)20-9-4-3-8-19(20)22(24,25)26/h3-9,14,17H,2,10-13,15H2,1H3. The van der Waals surface area contributed by atoms with Crippen molar-refractivity contribution in [2.45, 2.75) is 37.4 Å². The van der Waals surface area contributed by atoms with Crippen LogP contribution < -0.4 is 0 Å². The lowest BCUT2D eigenvalue weighted by atomic mass is 9.96. The molecule has 0 aliphatic carbocycles. The molecule has 2 aromatic rings. The number of amides is 1. The van der Waals surface area contributed by atoms with Gasteiger partial charge in [0.2, 0.25) is 15.9 Å². The average Bonchev–Trinajstić information content (AvgIpc) is 2.76. The Labute approximate surface area is 184 Å².